The molecule has 0 radical (unpaired) electrons. The highest BCUT2D eigenvalue weighted by molar-refractivity contribution is 7.71. The number of carbonyl (C=O) groups is 1. The quantitative estimate of drug-likeness (QED) is 0.506. The van der Waals surface area contributed by atoms with Crippen molar-refractivity contribution in [3.8, 4) is 0 Å². The van der Waals surface area contributed by atoms with E-state index in [1.165, 1.54) is 0 Å². The molecule has 0 spiro atoms. The zero-order valence-electron chi connectivity index (χ0n) is 6.25. The van der Waals surface area contributed by atoms with Crippen LogP contribution in [0.5, 0.6) is 0 Å². The molecule has 2 N–H and O–H groups in total. The lowest BCUT2D eigenvalue weighted by Gasteiger charge is -2.02. The Morgan fingerprint density at radius 1 is 1.85 bits per heavy atom. The lowest BCUT2D eigenvalue weighted by atomic mass is 10.3. The summed E-state index contributed by atoms with van der Waals surface area (Å²) in [6.45, 7) is -0.190. The van der Waals surface area contributed by atoms with Crippen LogP contribution in [-0.2, 0) is 11.3 Å². The largest absolute Gasteiger partial charge is 0.480 e. The fraction of sp³-hybridized carbons (Fsp3) is 0.500. The van der Waals surface area contributed by atoms with Crippen LogP contribution in [-0.4, -0.2) is 37.3 Å². The Morgan fingerprint density at radius 3 is 2.92 bits per heavy atom. The molecule has 0 fully saturated rings. The average Bonchev–Trinajstić information content (AvgIpc) is 2.46. The first-order chi connectivity index (χ1) is 6.15. The van der Waals surface area contributed by atoms with Crippen LogP contribution in [0.2, 0.25) is 0 Å². The van der Waals surface area contributed by atoms with E-state index in [1.807, 2.05) is 0 Å². The summed E-state index contributed by atoms with van der Waals surface area (Å²) >= 11 is 4.66. The minimum Gasteiger partial charge on any atom is -0.480 e. The van der Waals surface area contributed by atoms with Gasteiger partial charge in [0.25, 0.3) is 0 Å². The van der Waals surface area contributed by atoms with E-state index in [1.54, 1.807) is 0 Å². The van der Waals surface area contributed by atoms with E-state index in [9.17, 15) is 9.70 Å². The number of H-pyrrole nitrogens is 1. The van der Waals surface area contributed by atoms with E-state index in [0.29, 0.717) is 0 Å². The number of tetrazole rings is 1. The highest BCUT2D eigenvalue weighted by Gasteiger charge is 2.19. The summed E-state index contributed by atoms with van der Waals surface area (Å²) < 4.78 is 1.23. The Balaban J connectivity index is 2.78. The third kappa shape index (κ3) is 2.15. The van der Waals surface area contributed by atoms with Crippen molar-refractivity contribution in [2.45, 2.75) is 12.6 Å². The van der Waals surface area contributed by atoms with Gasteiger partial charge in [-0.1, -0.05) is 15.5 Å². The van der Waals surface area contributed by atoms with Crippen molar-refractivity contribution < 1.29 is 9.90 Å². The van der Waals surface area contributed by atoms with Crippen molar-refractivity contribution in [1.82, 2.24) is 20.2 Å². The van der Waals surface area contributed by atoms with Gasteiger partial charge in [0, 0.05) is 0 Å². The lowest BCUT2D eigenvalue weighted by Crippen LogP contribution is -2.24. The molecule has 70 valence electrons. The number of hydrogen-bond acceptors (Lipinski definition) is 6. The maximum atomic E-state index is 10.4. The molecule has 1 rings (SSSR count). The second-order valence-electron chi connectivity index (χ2n) is 2.15. The number of carboxylic acids is 1. The van der Waals surface area contributed by atoms with E-state index < -0.39 is 12.0 Å². The molecule has 0 aliphatic heterocycles. The predicted molar refractivity (Wildman–Crippen MR) is 42.4 cm³/mol. The highest BCUT2D eigenvalue weighted by atomic mass is 32.1. The van der Waals surface area contributed by atoms with Crippen molar-refractivity contribution in [2.24, 2.45) is 5.18 Å². The van der Waals surface area contributed by atoms with Crippen LogP contribution < -0.4 is 0 Å². The Labute approximate surface area is 76.5 Å². The lowest BCUT2D eigenvalue weighted by molar-refractivity contribution is -0.138. The molecule has 1 atom stereocenters. The molecule has 1 unspecified atom stereocenters. The molecule has 0 bridgehead atoms. The van der Waals surface area contributed by atoms with Crippen LogP contribution in [0.15, 0.2) is 5.18 Å². The zero-order chi connectivity index (χ0) is 9.84. The molecule has 0 amide bonds. The molecular weight excluding hydrogens is 198 g/mol. The fourth-order valence-electron chi connectivity index (χ4n) is 0.664. The Hall–Kier alpha value is -1.64. The van der Waals surface area contributed by atoms with Crippen molar-refractivity contribution in [3.05, 3.63) is 9.68 Å². The number of aromatic amines is 1. The van der Waals surface area contributed by atoms with Gasteiger partial charge in [0.1, 0.15) is 0 Å². The van der Waals surface area contributed by atoms with Gasteiger partial charge in [-0.15, -0.1) is 4.91 Å². The minimum absolute atomic E-state index is 0.0786. The van der Waals surface area contributed by atoms with Crippen molar-refractivity contribution in [2.75, 3.05) is 0 Å². The number of nitrogens with one attached hydrogen (secondary N) is 1. The van der Waals surface area contributed by atoms with Gasteiger partial charge in [0.15, 0.2) is 0 Å². The average molecular weight is 203 g/mol. The first kappa shape index (κ1) is 9.45. The smallest absolute Gasteiger partial charge is 0.334 e. The van der Waals surface area contributed by atoms with Gasteiger partial charge in [-0.05, 0) is 12.2 Å². The highest BCUT2D eigenvalue weighted by Crippen LogP contribution is 1.95. The van der Waals surface area contributed by atoms with E-state index in [-0.39, 0.29) is 11.3 Å². The molecule has 8 nitrogen and oxygen atoms in total. The first-order valence-corrected chi connectivity index (χ1v) is 3.59. The summed E-state index contributed by atoms with van der Waals surface area (Å²) in [6.07, 6.45) is 0. The molecule has 1 heterocycles. The zero-order valence-corrected chi connectivity index (χ0v) is 7.06. The van der Waals surface area contributed by atoms with Crippen LogP contribution in [0.1, 0.15) is 0 Å². The van der Waals surface area contributed by atoms with Crippen molar-refractivity contribution in [1.29, 1.82) is 0 Å². The number of carboxylic acid groups (broad SMARTS) is 1. The van der Waals surface area contributed by atoms with Crippen LogP contribution >= 0.6 is 12.2 Å². The first-order valence-electron chi connectivity index (χ1n) is 3.18. The van der Waals surface area contributed by atoms with E-state index >= 15 is 0 Å². The topological polar surface area (TPSA) is 113 Å². The second-order valence-corrected chi connectivity index (χ2v) is 2.52. The molecule has 9 heteroatoms. The van der Waals surface area contributed by atoms with Gasteiger partial charge < -0.3 is 5.11 Å². The molecule has 1 aromatic heterocycles. The van der Waals surface area contributed by atoms with Crippen molar-refractivity contribution in [3.63, 3.8) is 0 Å². The van der Waals surface area contributed by atoms with Gasteiger partial charge in [-0.25, -0.2) is 9.48 Å². The molecule has 1 aromatic rings. The summed E-state index contributed by atoms with van der Waals surface area (Å²) in [5.74, 6) is -1.31. The Bertz CT molecular complexity index is 370. The molecular formula is C4H5N5O3S. The van der Waals surface area contributed by atoms with Gasteiger partial charge in [-0.2, -0.15) is 5.21 Å². The third-order valence-corrected chi connectivity index (χ3v) is 1.60. The number of nitrogens with zero attached hydrogens (tertiary/aromatic N) is 4. The molecule has 0 aliphatic rings. The van der Waals surface area contributed by atoms with E-state index in [4.69, 9.17) is 5.11 Å². The van der Waals surface area contributed by atoms with E-state index in [0.717, 1.165) is 4.68 Å². The molecule has 13 heavy (non-hydrogen) atoms. The van der Waals surface area contributed by atoms with E-state index in [2.05, 4.69) is 32.9 Å². The minimum atomic E-state index is -1.38. The van der Waals surface area contributed by atoms with Gasteiger partial charge in [0.05, 0.1) is 6.54 Å². The van der Waals surface area contributed by atoms with Crippen LogP contribution in [0.25, 0.3) is 0 Å². The summed E-state index contributed by atoms with van der Waals surface area (Å²) in [7, 11) is 0. The van der Waals surface area contributed by atoms with Crippen LogP contribution in [0.3, 0.4) is 0 Å². The second kappa shape index (κ2) is 3.85. The fourth-order valence-corrected chi connectivity index (χ4v) is 0.820. The normalized spacial score (nSPS) is 12.3. The van der Waals surface area contributed by atoms with Gasteiger partial charge in [0.2, 0.25) is 10.8 Å². The number of rotatable bonds is 4. The molecule has 0 aliphatic carbocycles. The van der Waals surface area contributed by atoms with Crippen molar-refractivity contribution >= 4 is 18.2 Å². The summed E-state index contributed by atoms with van der Waals surface area (Å²) in [5, 5.41) is 19.9. The monoisotopic (exact) mass is 203 g/mol. The maximum Gasteiger partial charge on any atom is 0.334 e. The number of aliphatic carboxylic acids is 1. The summed E-state index contributed by atoms with van der Waals surface area (Å²) in [5.41, 5.74) is 0. The summed E-state index contributed by atoms with van der Waals surface area (Å²) in [4.78, 5) is 20.4. The van der Waals surface area contributed by atoms with Gasteiger partial charge in [-0.3, -0.25) is 0 Å². The predicted octanol–water partition coefficient (Wildman–Crippen LogP) is -0.445. The Morgan fingerprint density at radius 2 is 2.54 bits per heavy atom. The SMILES string of the molecule is O=NC(Cn1[nH]nnc1=S)C(=O)O. The molecule has 0 saturated carbocycles. The summed E-state index contributed by atoms with van der Waals surface area (Å²) in [6, 6.07) is -1.38. The van der Waals surface area contributed by atoms with Crippen LogP contribution in [0, 0.1) is 9.68 Å². The molecule has 0 saturated heterocycles. The number of nitroso groups, excluding NO2 is 1. The van der Waals surface area contributed by atoms with Crippen LogP contribution in [0.4, 0.5) is 0 Å². The number of aromatic nitrogens is 4. The number of hydrogen-bond donors (Lipinski definition) is 2. The third-order valence-electron chi connectivity index (χ3n) is 1.30. The van der Waals surface area contributed by atoms with Gasteiger partial charge >= 0.3 is 5.97 Å². The Kier molecular flexibility index (Phi) is 2.80. The molecule has 0 aromatic carbocycles. The standard InChI is InChI=1S/C4H5N5O3S/c10-3(11)2(6-12)1-9-4(13)5-7-8-9/h2H,1H2,(H,10,11)(H,5,8,13). The maximum absolute atomic E-state index is 10.4.